The number of hydrogen-bond acceptors (Lipinski definition) is 2. The molecule has 0 bridgehead atoms. The maximum absolute atomic E-state index is 12.6. The molecular weight excluding hydrogens is 263 g/mol. The van der Waals surface area contributed by atoms with Crippen LogP contribution in [0.5, 0.6) is 0 Å². The molecule has 1 aromatic heterocycles. The van der Waals surface area contributed by atoms with Gasteiger partial charge in [0.05, 0.1) is 4.88 Å². The van der Waals surface area contributed by atoms with Crippen molar-refractivity contribution in [1.82, 2.24) is 0 Å². The Hall–Kier alpha value is 0.341. The summed E-state index contributed by atoms with van der Waals surface area (Å²) < 4.78 is 38.0. The van der Waals surface area contributed by atoms with E-state index in [0.29, 0.717) is 16.5 Å². The maximum Gasteiger partial charge on any atom is 1.00 e. The molecule has 7 heteroatoms. The molecule has 1 nitrogen and oxygen atoms in total. The SMILES string of the molecule is O=Cc1cc2cccc([B-](F)(F)F)c2s1.[K+]. The van der Waals surface area contributed by atoms with Gasteiger partial charge in [-0.3, -0.25) is 4.79 Å². The van der Waals surface area contributed by atoms with Gasteiger partial charge in [-0.05, 0) is 11.5 Å². The number of benzene rings is 1. The summed E-state index contributed by atoms with van der Waals surface area (Å²) in [4.78, 5) is 10.8. The molecule has 78 valence electrons. The quantitative estimate of drug-likeness (QED) is 0.543. The number of carbonyl (C=O) groups is 1. The van der Waals surface area contributed by atoms with Gasteiger partial charge in [-0.15, -0.1) is 11.3 Å². The van der Waals surface area contributed by atoms with Crippen LogP contribution >= 0.6 is 11.3 Å². The largest absolute Gasteiger partial charge is 1.00 e. The molecular formula is C9H5BF3KOS. The van der Waals surface area contributed by atoms with Crippen molar-refractivity contribution in [3.05, 3.63) is 29.1 Å². The molecule has 1 heterocycles. The standard InChI is InChI=1S/C9H5BF3OS.K/c11-10(12,13)8-3-1-2-6-4-7(5-14)15-9(6)8;/h1-5H;/q-1;+1. The Bertz CT molecular complexity index is 523. The van der Waals surface area contributed by atoms with Crippen LogP contribution in [0.4, 0.5) is 12.9 Å². The molecule has 0 radical (unpaired) electrons. The molecule has 0 spiro atoms. The zero-order valence-electron chi connectivity index (χ0n) is 8.41. The fraction of sp³-hybridized carbons (Fsp3) is 0. The van der Waals surface area contributed by atoms with E-state index >= 15 is 0 Å². The molecule has 0 atom stereocenters. The molecule has 0 fully saturated rings. The van der Waals surface area contributed by atoms with E-state index in [9.17, 15) is 17.7 Å². The van der Waals surface area contributed by atoms with Crippen molar-refractivity contribution in [2.75, 3.05) is 0 Å². The molecule has 2 aromatic rings. The third-order valence-electron chi connectivity index (χ3n) is 2.06. The number of hydrogen-bond donors (Lipinski definition) is 0. The summed E-state index contributed by atoms with van der Waals surface area (Å²) in [6, 6.07) is 5.45. The second-order valence-electron chi connectivity index (χ2n) is 3.11. The van der Waals surface area contributed by atoms with Crippen LogP contribution in [0.1, 0.15) is 9.67 Å². The minimum atomic E-state index is -5.01. The van der Waals surface area contributed by atoms with Crippen molar-refractivity contribution in [2.24, 2.45) is 0 Å². The first-order valence-corrected chi connectivity index (χ1v) is 5.01. The van der Waals surface area contributed by atoms with Gasteiger partial charge in [0.25, 0.3) is 0 Å². The van der Waals surface area contributed by atoms with Crippen molar-refractivity contribution in [3.8, 4) is 0 Å². The first-order chi connectivity index (χ1) is 7.02. The van der Waals surface area contributed by atoms with Crippen LogP contribution in [0.15, 0.2) is 24.3 Å². The minimum Gasteiger partial charge on any atom is -0.445 e. The van der Waals surface area contributed by atoms with E-state index in [1.54, 1.807) is 6.07 Å². The van der Waals surface area contributed by atoms with Gasteiger partial charge in [-0.25, -0.2) is 0 Å². The number of halogens is 3. The smallest absolute Gasteiger partial charge is 0.445 e. The zero-order valence-corrected chi connectivity index (χ0v) is 12.4. The summed E-state index contributed by atoms with van der Waals surface area (Å²) in [7, 11) is 0. The van der Waals surface area contributed by atoms with Gasteiger partial charge in [-0.1, -0.05) is 23.7 Å². The third-order valence-corrected chi connectivity index (χ3v) is 3.19. The minimum absolute atomic E-state index is 0. The summed E-state index contributed by atoms with van der Waals surface area (Å²) in [5.74, 6) is 0. The molecule has 0 aliphatic rings. The van der Waals surface area contributed by atoms with E-state index in [0.717, 1.165) is 17.4 Å². The second kappa shape index (κ2) is 5.33. The molecule has 2 rings (SSSR count). The Balaban J connectivity index is 0.00000128. The molecule has 0 aliphatic carbocycles. The van der Waals surface area contributed by atoms with Crippen LogP contribution in [-0.4, -0.2) is 13.3 Å². The Morgan fingerprint density at radius 2 is 1.94 bits per heavy atom. The van der Waals surface area contributed by atoms with Crippen molar-refractivity contribution >= 4 is 40.1 Å². The molecule has 16 heavy (non-hydrogen) atoms. The fourth-order valence-corrected chi connectivity index (χ4v) is 2.46. The van der Waals surface area contributed by atoms with Gasteiger partial charge in [0.2, 0.25) is 0 Å². The van der Waals surface area contributed by atoms with Gasteiger partial charge in [-0.2, -0.15) is 0 Å². The Labute approximate surface area is 137 Å². The van der Waals surface area contributed by atoms with Gasteiger partial charge in [0, 0.05) is 4.70 Å². The first-order valence-electron chi connectivity index (χ1n) is 4.20. The maximum atomic E-state index is 12.6. The van der Waals surface area contributed by atoms with Crippen molar-refractivity contribution in [3.63, 3.8) is 0 Å². The van der Waals surface area contributed by atoms with Crippen molar-refractivity contribution in [1.29, 1.82) is 0 Å². The molecule has 0 amide bonds. The van der Waals surface area contributed by atoms with Crippen LogP contribution in [-0.2, 0) is 0 Å². The number of rotatable bonds is 2. The van der Waals surface area contributed by atoms with Gasteiger partial charge < -0.3 is 12.9 Å². The van der Waals surface area contributed by atoms with Gasteiger partial charge in [0.15, 0.2) is 6.29 Å². The Kier molecular flexibility index (Phi) is 4.79. The van der Waals surface area contributed by atoms with E-state index in [1.165, 1.54) is 12.1 Å². The average Bonchev–Trinajstić information content (AvgIpc) is 2.57. The predicted octanol–water partition coefficient (Wildman–Crippen LogP) is -0.228. The van der Waals surface area contributed by atoms with Crippen LogP contribution in [0.25, 0.3) is 10.1 Å². The number of thiophene rings is 1. The van der Waals surface area contributed by atoms with Crippen LogP contribution in [0, 0.1) is 0 Å². The number of carbonyl (C=O) groups excluding carboxylic acids is 1. The van der Waals surface area contributed by atoms with E-state index < -0.39 is 12.4 Å². The number of fused-ring (bicyclic) bond motifs is 1. The van der Waals surface area contributed by atoms with Crippen LogP contribution in [0.3, 0.4) is 0 Å². The summed E-state index contributed by atoms with van der Waals surface area (Å²) >= 11 is 0.878. The Morgan fingerprint density at radius 1 is 1.25 bits per heavy atom. The van der Waals surface area contributed by atoms with E-state index in [-0.39, 0.29) is 56.1 Å². The van der Waals surface area contributed by atoms with E-state index in [4.69, 9.17) is 0 Å². The van der Waals surface area contributed by atoms with Gasteiger partial charge in [0.1, 0.15) is 0 Å². The van der Waals surface area contributed by atoms with E-state index in [2.05, 4.69) is 0 Å². The fourth-order valence-electron chi connectivity index (χ4n) is 1.42. The van der Waals surface area contributed by atoms with Gasteiger partial charge >= 0.3 is 58.4 Å². The summed E-state index contributed by atoms with van der Waals surface area (Å²) in [6.07, 6.45) is 0.567. The third kappa shape index (κ3) is 2.77. The second-order valence-corrected chi connectivity index (χ2v) is 4.19. The molecule has 0 saturated heterocycles. The summed E-state index contributed by atoms with van der Waals surface area (Å²) in [5.41, 5.74) is -0.620. The first kappa shape index (κ1) is 14.4. The molecule has 0 unspecified atom stereocenters. The van der Waals surface area contributed by atoms with Crippen LogP contribution in [0.2, 0.25) is 0 Å². The topological polar surface area (TPSA) is 17.1 Å². The predicted molar refractivity (Wildman–Crippen MR) is 55.9 cm³/mol. The van der Waals surface area contributed by atoms with Crippen molar-refractivity contribution < 1.29 is 69.1 Å². The Morgan fingerprint density at radius 3 is 2.50 bits per heavy atom. The van der Waals surface area contributed by atoms with Crippen LogP contribution < -0.4 is 56.8 Å². The zero-order chi connectivity index (χ0) is 11.1. The normalized spacial score (nSPS) is 11.2. The molecule has 1 aromatic carbocycles. The monoisotopic (exact) mass is 268 g/mol. The molecule has 0 aliphatic heterocycles. The summed E-state index contributed by atoms with van der Waals surface area (Å²) in [6.45, 7) is -5.01. The number of aldehydes is 1. The average molecular weight is 268 g/mol. The van der Waals surface area contributed by atoms with E-state index in [1.807, 2.05) is 0 Å². The molecule has 0 saturated carbocycles. The molecule has 0 N–H and O–H groups in total. The van der Waals surface area contributed by atoms with Crippen molar-refractivity contribution in [2.45, 2.75) is 0 Å². The summed E-state index contributed by atoms with van der Waals surface area (Å²) in [5, 5.41) is 0.471.